The third-order valence-corrected chi connectivity index (χ3v) is 5.29. The second-order valence-electron chi connectivity index (χ2n) is 6.75. The highest BCUT2D eigenvalue weighted by molar-refractivity contribution is 5.65. The molecular weight excluding hydrogens is 321 g/mol. The summed E-state index contributed by atoms with van der Waals surface area (Å²) in [7, 11) is 0. The molecule has 0 saturated carbocycles. The minimum atomic E-state index is -0.229. The molecule has 0 amide bonds. The molecule has 5 heterocycles. The largest absolute Gasteiger partial charge is 0.348 e. The molecule has 5 rings (SSSR count). The molecule has 3 aromatic rings. The average molecular weight is 339 g/mol. The maximum absolute atomic E-state index is 13.9. The third kappa shape index (κ3) is 2.28. The summed E-state index contributed by atoms with van der Waals surface area (Å²) in [6.45, 7) is 4.25. The van der Waals surface area contributed by atoms with E-state index in [1.807, 2.05) is 17.5 Å². The molecule has 2 bridgehead atoms. The number of rotatable bonds is 3. The van der Waals surface area contributed by atoms with Gasteiger partial charge in [0.1, 0.15) is 11.6 Å². The Morgan fingerprint density at radius 1 is 1.16 bits per heavy atom. The summed E-state index contributed by atoms with van der Waals surface area (Å²) in [5.74, 6) is 1.52. The molecule has 0 spiro atoms. The van der Waals surface area contributed by atoms with Crippen LogP contribution in [0.2, 0.25) is 0 Å². The first kappa shape index (κ1) is 14.7. The number of piperazine rings is 1. The standard InChI is InChI=1S/C17H18FN7/c1-11-21-22-17-16(20-5-6-24(11)17)25-9-12-7-13(25)8-23(12)10-15-14(18)3-2-4-19-15/h2-6,12-13H,7-10H2,1H3. The van der Waals surface area contributed by atoms with Gasteiger partial charge in [-0.1, -0.05) is 0 Å². The van der Waals surface area contributed by atoms with E-state index in [1.165, 1.54) is 6.07 Å². The van der Waals surface area contributed by atoms with Gasteiger partial charge in [-0.25, -0.2) is 9.37 Å². The first-order chi connectivity index (χ1) is 12.2. The highest BCUT2D eigenvalue weighted by Gasteiger charge is 2.44. The SMILES string of the molecule is Cc1nnc2c(N3CC4CC3CN4Cc3ncccc3F)nccn12. The van der Waals surface area contributed by atoms with Crippen molar-refractivity contribution in [1.82, 2.24) is 29.5 Å². The number of hydrogen-bond donors (Lipinski definition) is 0. The van der Waals surface area contributed by atoms with Gasteiger partial charge in [0.05, 0.1) is 5.69 Å². The predicted octanol–water partition coefficient (Wildman–Crippen LogP) is 1.43. The number of halogens is 1. The summed E-state index contributed by atoms with van der Waals surface area (Å²) >= 11 is 0. The van der Waals surface area contributed by atoms with Crippen LogP contribution in [0.4, 0.5) is 10.2 Å². The zero-order valence-corrected chi connectivity index (χ0v) is 13.9. The minimum Gasteiger partial charge on any atom is -0.348 e. The van der Waals surface area contributed by atoms with Crippen LogP contribution < -0.4 is 4.90 Å². The molecule has 2 unspecified atom stereocenters. The van der Waals surface area contributed by atoms with E-state index in [-0.39, 0.29) is 5.82 Å². The fourth-order valence-corrected chi connectivity index (χ4v) is 4.06. The maximum Gasteiger partial charge on any atom is 0.203 e. The molecule has 0 aliphatic carbocycles. The highest BCUT2D eigenvalue weighted by atomic mass is 19.1. The Labute approximate surface area is 144 Å². The van der Waals surface area contributed by atoms with Gasteiger partial charge in [0.25, 0.3) is 0 Å². The number of anilines is 1. The second kappa shape index (κ2) is 5.45. The molecule has 2 atom stereocenters. The summed E-state index contributed by atoms with van der Waals surface area (Å²) in [4.78, 5) is 13.4. The molecule has 25 heavy (non-hydrogen) atoms. The number of aryl methyl sites for hydroxylation is 1. The topological polar surface area (TPSA) is 62.5 Å². The molecule has 0 aromatic carbocycles. The summed E-state index contributed by atoms with van der Waals surface area (Å²) in [6.07, 6.45) is 6.39. The van der Waals surface area contributed by atoms with E-state index in [2.05, 4.69) is 30.0 Å². The molecule has 0 N–H and O–H groups in total. The van der Waals surface area contributed by atoms with Gasteiger partial charge in [-0.3, -0.25) is 14.3 Å². The number of likely N-dealkylation sites (tertiary alicyclic amines) is 1. The van der Waals surface area contributed by atoms with E-state index in [4.69, 9.17) is 0 Å². The van der Waals surface area contributed by atoms with Crippen molar-refractivity contribution < 1.29 is 4.39 Å². The van der Waals surface area contributed by atoms with E-state index >= 15 is 0 Å². The summed E-state index contributed by atoms with van der Waals surface area (Å²) in [5, 5.41) is 8.44. The van der Waals surface area contributed by atoms with Crippen LogP contribution in [0.25, 0.3) is 5.65 Å². The Morgan fingerprint density at radius 3 is 2.88 bits per heavy atom. The fourth-order valence-electron chi connectivity index (χ4n) is 4.06. The van der Waals surface area contributed by atoms with Crippen molar-refractivity contribution in [3.8, 4) is 0 Å². The number of hydrogen-bond acceptors (Lipinski definition) is 6. The van der Waals surface area contributed by atoms with Crippen LogP contribution in [-0.4, -0.2) is 54.6 Å². The van der Waals surface area contributed by atoms with Crippen LogP contribution in [0.15, 0.2) is 30.7 Å². The number of fused-ring (bicyclic) bond motifs is 3. The predicted molar refractivity (Wildman–Crippen MR) is 89.7 cm³/mol. The number of nitrogens with zero attached hydrogens (tertiary/aromatic N) is 7. The Morgan fingerprint density at radius 2 is 2.08 bits per heavy atom. The molecule has 2 aliphatic rings. The van der Waals surface area contributed by atoms with Crippen LogP contribution in [-0.2, 0) is 6.54 Å². The lowest BCUT2D eigenvalue weighted by Gasteiger charge is -2.34. The first-order valence-electron chi connectivity index (χ1n) is 8.47. The van der Waals surface area contributed by atoms with E-state index in [9.17, 15) is 4.39 Å². The van der Waals surface area contributed by atoms with Gasteiger partial charge in [-0.2, -0.15) is 0 Å². The van der Waals surface area contributed by atoms with Crippen molar-refractivity contribution in [3.05, 3.63) is 48.1 Å². The normalized spacial score (nSPS) is 23.0. The molecule has 128 valence electrons. The maximum atomic E-state index is 13.9. The van der Waals surface area contributed by atoms with Crippen molar-refractivity contribution >= 4 is 11.5 Å². The van der Waals surface area contributed by atoms with Gasteiger partial charge in [0.15, 0.2) is 5.82 Å². The molecule has 0 radical (unpaired) electrons. The van der Waals surface area contributed by atoms with Crippen molar-refractivity contribution in [2.45, 2.75) is 32.0 Å². The Hall–Kier alpha value is -2.61. The fraction of sp³-hybridized carbons (Fsp3) is 0.412. The molecule has 3 aromatic heterocycles. The van der Waals surface area contributed by atoms with Gasteiger partial charge in [-0.05, 0) is 25.5 Å². The van der Waals surface area contributed by atoms with Gasteiger partial charge in [0.2, 0.25) is 5.65 Å². The third-order valence-electron chi connectivity index (χ3n) is 5.29. The van der Waals surface area contributed by atoms with Crippen LogP contribution >= 0.6 is 0 Å². The zero-order valence-electron chi connectivity index (χ0n) is 13.9. The summed E-state index contributed by atoms with van der Waals surface area (Å²) in [6, 6.07) is 3.86. The first-order valence-corrected chi connectivity index (χ1v) is 8.47. The minimum absolute atomic E-state index is 0.229. The van der Waals surface area contributed by atoms with Crippen molar-refractivity contribution in [2.75, 3.05) is 18.0 Å². The molecule has 2 saturated heterocycles. The quantitative estimate of drug-likeness (QED) is 0.719. The van der Waals surface area contributed by atoms with E-state index in [1.54, 1.807) is 18.5 Å². The van der Waals surface area contributed by atoms with Gasteiger partial charge >= 0.3 is 0 Å². The highest BCUT2D eigenvalue weighted by Crippen LogP contribution is 2.35. The molecular formula is C17H18FN7. The van der Waals surface area contributed by atoms with Gasteiger partial charge < -0.3 is 4.90 Å². The second-order valence-corrected chi connectivity index (χ2v) is 6.75. The van der Waals surface area contributed by atoms with Crippen LogP contribution in [0.3, 0.4) is 0 Å². The van der Waals surface area contributed by atoms with Crippen molar-refractivity contribution in [3.63, 3.8) is 0 Å². The van der Waals surface area contributed by atoms with E-state index in [0.717, 1.165) is 36.8 Å². The van der Waals surface area contributed by atoms with Gasteiger partial charge in [0, 0.05) is 50.3 Å². The molecule has 2 aliphatic heterocycles. The summed E-state index contributed by atoms with van der Waals surface area (Å²) < 4.78 is 15.8. The lowest BCUT2D eigenvalue weighted by Crippen LogP contribution is -2.46. The van der Waals surface area contributed by atoms with Crippen molar-refractivity contribution in [1.29, 1.82) is 0 Å². The van der Waals surface area contributed by atoms with Gasteiger partial charge in [-0.15, -0.1) is 10.2 Å². The molecule has 8 heteroatoms. The van der Waals surface area contributed by atoms with Crippen LogP contribution in [0, 0.1) is 12.7 Å². The molecule has 2 fully saturated rings. The smallest absolute Gasteiger partial charge is 0.203 e. The Bertz CT molecular complexity index is 940. The molecule has 7 nitrogen and oxygen atoms in total. The van der Waals surface area contributed by atoms with Crippen LogP contribution in [0.1, 0.15) is 17.9 Å². The average Bonchev–Trinajstić information content (AvgIpc) is 3.31. The van der Waals surface area contributed by atoms with Crippen molar-refractivity contribution in [2.24, 2.45) is 0 Å². The Kier molecular flexibility index (Phi) is 3.21. The number of aromatic nitrogens is 5. The van der Waals surface area contributed by atoms with E-state index < -0.39 is 0 Å². The lowest BCUT2D eigenvalue weighted by molar-refractivity contribution is 0.224. The zero-order chi connectivity index (χ0) is 17.0. The Balaban J connectivity index is 1.38. The lowest BCUT2D eigenvalue weighted by atomic mass is 10.2. The monoisotopic (exact) mass is 339 g/mol. The number of pyridine rings is 1. The summed E-state index contributed by atoms with van der Waals surface area (Å²) in [5.41, 5.74) is 1.32. The van der Waals surface area contributed by atoms with E-state index in [0.29, 0.717) is 24.3 Å². The van der Waals surface area contributed by atoms with Crippen LogP contribution in [0.5, 0.6) is 0 Å².